The summed E-state index contributed by atoms with van der Waals surface area (Å²) in [7, 11) is 0. The maximum absolute atomic E-state index is 12.6. The van der Waals surface area contributed by atoms with Crippen molar-refractivity contribution in [3.63, 3.8) is 0 Å². The van der Waals surface area contributed by atoms with E-state index < -0.39 is 16.4 Å². The molecule has 0 spiro atoms. The number of carbonyl (C=O) groups excluding carboxylic acids is 2. The molecule has 1 aromatic rings. The maximum Gasteiger partial charge on any atom is 0.311 e. The average molecular weight is 341 g/mol. The number of fused-ring (bicyclic) bond motifs is 1. The topological polar surface area (TPSA) is 113 Å². The lowest BCUT2D eigenvalue weighted by Crippen LogP contribution is -2.38. The van der Waals surface area contributed by atoms with E-state index in [2.05, 4.69) is 5.10 Å². The minimum absolute atomic E-state index is 0.0846. The molecule has 128 valence electrons. The van der Waals surface area contributed by atoms with Crippen molar-refractivity contribution in [3.8, 4) is 5.75 Å². The summed E-state index contributed by atoms with van der Waals surface area (Å²) in [6.45, 7) is 0. The summed E-state index contributed by atoms with van der Waals surface area (Å²) < 4.78 is 0. The minimum atomic E-state index is -0.712. The van der Waals surface area contributed by atoms with Crippen molar-refractivity contribution in [2.75, 3.05) is 0 Å². The highest BCUT2D eigenvalue weighted by Gasteiger charge is 2.56. The van der Waals surface area contributed by atoms with Gasteiger partial charge in [0.25, 0.3) is 11.8 Å². The van der Waals surface area contributed by atoms with Gasteiger partial charge in [-0.2, -0.15) is 10.1 Å². The Morgan fingerprint density at radius 3 is 2.28 bits per heavy atom. The molecule has 25 heavy (non-hydrogen) atoms. The molecular weight excluding hydrogens is 326 g/mol. The first-order valence-electron chi connectivity index (χ1n) is 8.05. The number of phenolic OH excluding ortho intramolecular Hbond substituents is 1. The highest BCUT2D eigenvalue weighted by Crippen LogP contribution is 2.49. The van der Waals surface area contributed by atoms with Gasteiger partial charge in [0.1, 0.15) is 0 Å². The SMILES string of the molecule is O=C1[C@@H]2[C@H](C(=O)N1/N=C\c1ccc(O)c([N+](=O)[O-])c1)[C@H]1C=C[C@H]2CC1. The zero-order valence-corrected chi connectivity index (χ0v) is 13.1. The van der Waals surface area contributed by atoms with Gasteiger partial charge in [0.15, 0.2) is 5.75 Å². The fraction of sp³-hybridized carbons (Fsp3) is 0.353. The van der Waals surface area contributed by atoms with E-state index in [1.165, 1.54) is 18.3 Å². The second-order valence-electron chi connectivity index (χ2n) is 6.58. The Balaban J connectivity index is 1.60. The predicted octanol–water partition coefficient (Wildman–Crippen LogP) is 1.83. The third kappa shape index (κ3) is 2.33. The monoisotopic (exact) mass is 341 g/mol. The molecule has 1 saturated heterocycles. The highest BCUT2D eigenvalue weighted by molar-refractivity contribution is 6.06. The first-order chi connectivity index (χ1) is 12.0. The number of phenols is 1. The van der Waals surface area contributed by atoms with Crippen LogP contribution in [0, 0.1) is 33.8 Å². The van der Waals surface area contributed by atoms with Gasteiger partial charge in [-0.3, -0.25) is 19.7 Å². The Morgan fingerprint density at radius 1 is 1.16 bits per heavy atom. The zero-order chi connectivity index (χ0) is 17.7. The quantitative estimate of drug-likeness (QED) is 0.296. The number of imide groups is 1. The van der Waals surface area contributed by atoms with E-state index in [-0.39, 0.29) is 35.5 Å². The van der Waals surface area contributed by atoms with Crippen LogP contribution < -0.4 is 0 Å². The molecule has 1 heterocycles. The fourth-order valence-corrected chi connectivity index (χ4v) is 4.06. The molecule has 2 fully saturated rings. The van der Waals surface area contributed by atoms with Crippen molar-refractivity contribution >= 4 is 23.7 Å². The number of nitro groups is 1. The van der Waals surface area contributed by atoms with Crippen LogP contribution in [0.15, 0.2) is 35.5 Å². The molecule has 0 unspecified atom stereocenters. The number of rotatable bonds is 3. The molecule has 2 bridgehead atoms. The number of amides is 2. The molecular formula is C17H15N3O5. The second kappa shape index (κ2) is 5.51. The lowest BCUT2D eigenvalue weighted by molar-refractivity contribution is -0.385. The average Bonchev–Trinajstić information content (AvgIpc) is 2.88. The first-order valence-corrected chi connectivity index (χ1v) is 8.05. The number of aromatic hydroxyl groups is 1. The number of nitrogens with zero attached hydrogens (tertiary/aromatic N) is 3. The Bertz CT molecular complexity index is 815. The molecule has 4 atom stereocenters. The number of nitro benzene ring substituents is 1. The van der Waals surface area contributed by atoms with Crippen molar-refractivity contribution in [3.05, 3.63) is 46.0 Å². The van der Waals surface area contributed by atoms with Gasteiger partial charge >= 0.3 is 5.69 Å². The van der Waals surface area contributed by atoms with Gasteiger partial charge in [-0.15, -0.1) is 0 Å². The Morgan fingerprint density at radius 2 is 1.76 bits per heavy atom. The normalized spacial score (nSPS) is 30.3. The van der Waals surface area contributed by atoms with E-state index in [1.807, 2.05) is 12.2 Å². The molecule has 1 N–H and O–H groups in total. The standard InChI is InChI=1S/C17H15N3O5/c21-13-6-1-9(7-12(13)20(24)25)8-18-19-16(22)14-10-2-3-11(5-4-10)15(14)17(19)23/h1-3,6-8,10-11,14-15,21H,4-5H2/b18-8-/t10-,11-,14-,15+/m0/s1. The van der Waals surface area contributed by atoms with Gasteiger partial charge in [0.05, 0.1) is 23.0 Å². The minimum Gasteiger partial charge on any atom is -0.502 e. The highest BCUT2D eigenvalue weighted by atomic mass is 16.6. The van der Waals surface area contributed by atoms with Gasteiger partial charge in [0.2, 0.25) is 0 Å². The lowest BCUT2D eigenvalue weighted by atomic mass is 9.63. The third-order valence-electron chi connectivity index (χ3n) is 5.25. The number of hydrogen-bond donors (Lipinski definition) is 1. The Labute approximate surface area is 142 Å². The van der Waals surface area contributed by atoms with Crippen molar-refractivity contribution in [2.45, 2.75) is 12.8 Å². The first kappa shape index (κ1) is 15.5. The van der Waals surface area contributed by atoms with E-state index in [9.17, 15) is 24.8 Å². The maximum atomic E-state index is 12.6. The van der Waals surface area contributed by atoms with E-state index >= 15 is 0 Å². The van der Waals surface area contributed by atoms with E-state index in [4.69, 9.17) is 0 Å². The molecule has 0 aromatic heterocycles. The van der Waals surface area contributed by atoms with Crippen LogP contribution in [0.4, 0.5) is 5.69 Å². The molecule has 0 radical (unpaired) electrons. The fourth-order valence-electron chi connectivity index (χ4n) is 4.06. The van der Waals surface area contributed by atoms with Crippen LogP contribution >= 0.6 is 0 Å². The van der Waals surface area contributed by atoms with Gasteiger partial charge < -0.3 is 5.11 Å². The number of allylic oxidation sites excluding steroid dienone is 2. The van der Waals surface area contributed by atoms with E-state index in [0.29, 0.717) is 5.56 Å². The summed E-state index contributed by atoms with van der Waals surface area (Å²) in [6.07, 6.45) is 7.09. The smallest absolute Gasteiger partial charge is 0.311 e. The van der Waals surface area contributed by atoms with Crippen LogP contribution in [0.25, 0.3) is 0 Å². The molecule has 8 heteroatoms. The third-order valence-corrected chi connectivity index (χ3v) is 5.25. The Hall–Kier alpha value is -3.03. The van der Waals surface area contributed by atoms with E-state index in [1.54, 1.807) is 0 Å². The second-order valence-corrected chi connectivity index (χ2v) is 6.58. The summed E-state index contributed by atoms with van der Waals surface area (Å²) in [5.74, 6) is -1.59. The largest absolute Gasteiger partial charge is 0.502 e. The van der Waals surface area contributed by atoms with Gasteiger partial charge in [0, 0.05) is 11.6 Å². The van der Waals surface area contributed by atoms with Crippen LogP contribution in [-0.4, -0.2) is 33.1 Å². The number of hydrazone groups is 1. The van der Waals surface area contributed by atoms with Crippen LogP contribution in [0.2, 0.25) is 0 Å². The molecule has 5 rings (SSSR count). The lowest BCUT2D eigenvalue weighted by Gasteiger charge is -2.37. The zero-order valence-electron chi connectivity index (χ0n) is 13.1. The summed E-state index contributed by atoms with van der Waals surface area (Å²) in [4.78, 5) is 35.4. The summed E-state index contributed by atoms with van der Waals surface area (Å²) in [5.41, 5.74) is -0.139. The number of benzene rings is 1. The van der Waals surface area contributed by atoms with Crippen molar-refractivity contribution < 1.29 is 19.6 Å². The predicted molar refractivity (Wildman–Crippen MR) is 86.5 cm³/mol. The molecule has 1 saturated carbocycles. The molecule has 4 aliphatic rings. The van der Waals surface area contributed by atoms with E-state index in [0.717, 1.165) is 23.9 Å². The van der Waals surface area contributed by atoms with Gasteiger partial charge in [-0.25, -0.2) is 0 Å². The van der Waals surface area contributed by atoms with Gasteiger partial charge in [-0.1, -0.05) is 12.2 Å². The van der Waals surface area contributed by atoms with Crippen molar-refractivity contribution in [1.29, 1.82) is 0 Å². The van der Waals surface area contributed by atoms with Crippen molar-refractivity contribution in [2.24, 2.45) is 28.8 Å². The molecule has 8 nitrogen and oxygen atoms in total. The summed E-state index contributed by atoms with van der Waals surface area (Å²) >= 11 is 0. The molecule has 2 amide bonds. The molecule has 1 aromatic carbocycles. The van der Waals surface area contributed by atoms with Crippen LogP contribution in [0.5, 0.6) is 5.75 Å². The van der Waals surface area contributed by atoms with Crippen molar-refractivity contribution in [1.82, 2.24) is 5.01 Å². The molecule has 1 aliphatic heterocycles. The summed E-state index contributed by atoms with van der Waals surface area (Å²) in [5, 5.41) is 25.2. The number of hydrogen-bond acceptors (Lipinski definition) is 6. The van der Waals surface area contributed by atoms with Crippen LogP contribution in [0.1, 0.15) is 18.4 Å². The van der Waals surface area contributed by atoms with Crippen LogP contribution in [0.3, 0.4) is 0 Å². The Kier molecular flexibility index (Phi) is 3.41. The summed E-state index contributed by atoms with van der Waals surface area (Å²) in [6, 6.07) is 3.74. The number of carbonyl (C=O) groups is 2. The van der Waals surface area contributed by atoms with Gasteiger partial charge in [-0.05, 0) is 36.8 Å². The van der Waals surface area contributed by atoms with Crippen LogP contribution in [-0.2, 0) is 9.59 Å². The molecule has 3 aliphatic carbocycles.